The molecule has 1 saturated heterocycles. The number of rotatable bonds is 3. The molecule has 122 valence electrons. The first kappa shape index (κ1) is 14.9. The van der Waals surface area contributed by atoms with Crippen LogP contribution < -0.4 is 0 Å². The lowest BCUT2D eigenvalue weighted by Gasteiger charge is -2.30. The van der Waals surface area contributed by atoms with Crippen molar-refractivity contribution in [1.82, 2.24) is 19.6 Å². The Morgan fingerprint density at radius 1 is 1.43 bits per heavy atom. The quantitative estimate of drug-likeness (QED) is 0.866. The molecule has 2 aliphatic heterocycles. The highest BCUT2D eigenvalue weighted by molar-refractivity contribution is 7.10. The monoisotopic (exact) mass is 330 g/mol. The molecule has 4 heterocycles. The summed E-state index contributed by atoms with van der Waals surface area (Å²) >= 11 is 1.84. The van der Waals surface area contributed by atoms with Crippen LogP contribution in [0.3, 0.4) is 0 Å². The second-order valence-electron chi connectivity index (χ2n) is 6.52. The Morgan fingerprint density at radius 2 is 2.35 bits per heavy atom. The maximum atomic E-state index is 12.8. The molecule has 1 fully saturated rings. The first-order valence-electron chi connectivity index (χ1n) is 8.26. The number of likely N-dealkylation sites (tertiary alicyclic amines) is 1. The summed E-state index contributed by atoms with van der Waals surface area (Å²) < 4.78 is 1.82. The fourth-order valence-corrected chi connectivity index (χ4v) is 4.64. The minimum Gasteiger partial charge on any atom is -0.334 e. The van der Waals surface area contributed by atoms with Crippen LogP contribution in [-0.2, 0) is 24.8 Å². The van der Waals surface area contributed by atoms with E-state index in [0.717, 1.165) is 44.5 Å². The number of amides is 1. The van der Waals surface area contributed by atoms with Crippen LogP contribution in [0.15, 0.2) is 23.8 Å². The molecule has 0 spiro atoms. The molecule has 0 aromatic carbocycles. The van der Waals surface area contributed by atoms with Gasteiger partial charge in [-0.3, -0.25) is 14.4 Å². The Labute approximate surface area is 140 Å². The van der Waals surface area contributed by atoms with E-state index >= 15 is 0 Å². The van der Waals surface area contributed by atoms with Crippen molar-refractivity contribution in [3.8, 4) is 0 Å². The Hall–Kier alpha value is -1.66. The number of aromatic nitrogens is 2. The van der Waals surface area contributed by atoms with Crippen molar-refractivity contribution in [3.05, 3.63) is 39.8 Å². The van der Waals surface area contributed by atoms with Gasteiger partial charge in [0.15, 0.2) is 0 Å². The van der Waals surface area contributed by atoms with Crippen LogP contribution in [0.4, 0.5) is 0 Å². The van der Waals surface area contributed by atoms with Crippen LogP contribution in [-0.4, -0.2) is 45.1 Å². The normalized spacial score (nSPS) is 21.6. The average Bonchev–Trinajstić information content (AvgIpc) is 3.26. The van der Waals surface area contributed by atoms with E-state index in [0.29, 0.717) is 6.54 Å². The summed E-state index contributed by atoms with van der Waals surface area (Å²) in [4.78, 5) is 18.6. The number of aryl methyl sites for hydroxylation is 1. The number of fused-ring (bicyclic) bond motifs is 1. The van der Waals surface area contributed by atoms with Gasteiger partial charge in [0.25, 0.3) is 0 Å². The number of carbonyl (C=O) groups excluding carboxylic acids is 1. The Morgan fingerprint density at radius 3 is 3.17 bits per heavy atom. The molecule has 4 rings (SSSR count). The summed E-state index contributed by atoms with van der Waals surface area (Å²) in [6.45, 7) is 3.31. The van der Waals surface area contributed by atoms with Gasteiger partial charge in [0.05, 0.1) is 18.8 Å². The summed E-state index contributed by atoms with van der Waals surface area (Å²) in [6.07, 6.45) is 7.14. The molecule has 5 nitrogen and oxygen atoms in total. The molecular formula is C17H22N4OS. The van der Waals surface area contributed by atoms with Crippen LogP contribution >= 0.6 is 11.3 Å². The Kier molecular flexibility index (Phi) is 3.95. The molecule has 0 aliphatic carbocycles. The zero-order valence-electron chi connectivity index (χ0n) is 13.4. The number of thiophene rings is 1. The Bertz CT molecular complexity index is 707. The smallest absolute Gasteiger partial charge is 0.237 e. The third-order valence-electron chi connectivity index (χ3n) is 4.93. The summed E-state index contributed by atoms with van der Waals surface area (Å²) in [5.41, 5.74) is 2.57. The van der Waals surface area contributed by atoms with Gasteiger partial charge < -0.3 is 4.90 Å². The van der Waals surface area contributed by atoms with Crippen LogP contribution in [0, 0.1) is 0 Å². The van der Waals surface area contributed by atoms with Crippen LogP contribution in [0.2, 0.25) is 0 Å². The average molecular weight is 330 g/mol. The first-order valence-corrected chi connectivity index (χ1v) is 9.14. The standard InChI is InChI=1S/C17H22N4OS/c1-19-10-14(9-18-19)15-3-2-6-21(15)17(22)12-20-7-4-16-13(11-20)5-8-23-16/h5,8-10,15H,2-4,6-7,11-12H2,1H3/t15-/m1/s1. The van der Waals surface area contributed by atoms with E-state index in [4.69, 9.17) is 0 Å². The maximum Gasteiger partial charge on any atom is 0.237 e. The molecule has 2 aromatic rings. The molecule has 2 aliphatic rings. The molecule has 0 N–H and O–H groups in total. The van der Waals surface area contributed by atoms with Crippen molar-refractivity contribution in [2.45, 2.75) is 31.8 Å². The first-order chi connectivity index (χ1) is 11.2. The van der Waals surface area contributed by atoms with E-state index in [1.807, 2.05) is 35.5 Å². The van der Waals surface area contributed by atoms with Crippen molar-refractivity contribution in [3.63, 3.8) is 0 Å². The highest BCUT2D eigenvalue weighted by Gasteiger charge is 2.32. The molecule has 1 atom stereocenters. The van der Waals surface area contributed by atoms with Crippen molar-refractivity contribution in [2.75, 3.05) is 19.6 Å². The third-order valence-corrected chi connectivity index (χ3v) is 5.95. The summed E-state index contributed by atoms with van der Waals surface area (Å²) in [5, 5.41) is 6.42. The summed E-state index contributed by atoms with van der Waals surface area (Å²) in [5.74, 6) is 0.259. The van der Waals surface area contributed by atoms with E-state index in [9.17, 15) is 4.79 Å². The van der Waals surface area contributed by atoms with E-state index in [1.54, 1.807) is 0 Å². The van der Waals surface area contributed by atoms with Crippen LogP contribution in [0.25, 0.3) is 0 Å². The predicted octanol–water partition coefficient (Wildman–Crippen LogP) is 2.20. The van der Waals surface area contributed by atoms with Gasteiger partial charge >= 0.3 is 0 Å². The summed E-state index contributed by atoms with van der Waals surface area (Å²) in [7, 11) is 1.93. The van der Waals surface area contributed by atoms with Crippen molar-refractivity contribution in [2.24, 2.45) is 7.05 Å². The number of carbonyl (C=O) groups is 1. The van der Waals surface area contributed by atoms with Crippen LogP contribution in [0.1, 0.15) is 34.9 Å². The van der Waals surface area contributed by atoms with Gasteiger partial charge in [-0.15, -0.1) is 11.3 Å². The van der Waals surface area contributed by atoms with Crippen LogP contribution in [0.5, 0.6) is 0 Å². The molecule has 1 amide bonds. The zero-order valence-corrected chi connectivity index (χ0v) is 14.3. The lowest BCUT2D eigenvalue weighted by Crippen LogP contribution is -2.41. The molecule has 0 unspecified atom stereocenters. The maximum absolute atomic E-state index is 12.8. The van der Waals surface area contributed by atoms with Crippen molar-refractivity contribution >= 4 is 17.2 Å². The number of hydrogen-bond donors (Lipinski definition) is 0. The zero-order chi connectivity index (χ0) is 15.8. The highest BCUT2D eigenvalue weighted by Crippen LogP contribution is 2.32. The van der Waals surface area contributed by atoms with Crippen molar-refractivity contribution in [1.29, 1.82) is 0 Å². The van der Waals surface area contributed by atoms with Gasteiger partial charge in [-0.05, 0) is 36.3 Å². The summed E-state index contributed by atoms with van der Waals surface area (Å²) in [6, 6.07) is 2.41. The predicted molar refractivity (Wildman–Crippen MR) is 90.2 cm³/mol. The van der Waals surface area contributed by atoms with Gasteiger partial charge in [-0.1, -0.05) is 0 Å². The van der Waals surface area contributed by atoms with E-state index in [2.05, 4.69) is 26.3 Å². The second-order valence-corrected chi connectivity index (χ2v) is 7.52. The fourth-order valence-electron chi connectivity index (χ4n) is 3.75. The SMILES string of the molecule is Cn1cc([C@H]2CCCN2C(=O)CN2CCc3sccc3C2)cn1. The highest BCUT2D eigenvalue weighted by atomic mass is 32.1. The van der Waals surface area contributed by atoms with Gasteiger partial charge in [0.2, 0.25) is 5.91 Å². The number of nitrogens with zero attached hydrogens (tertiary/aromatic N) is 4. The topological polar surface area (TPSA) is 41.4 Å². The van der Waals surface area contributed by atoms with E-state index in [-0.39, 0.29) is 11.9 Å². The lowest BCUT2D eigenvalue weighted by molar-refractivity contribution is -0.133. The number of hydrogen-bond acceptors (Lipinski definition) is 4. The molecular weight excluding hydrogens is 308 g/mol. The molecule has 23 heavy (non-hydrogen) atoms. The van der Waals surface area contributed by atoms with Gasteiger partial charge in [-0.2, -0.15) is 5.10 Å². The van der Waals surface area contributed by atoms with Gasteiger partial charge in [0, 0.05) is 43.3 Å². The lowest BCUT2D eigenvalue weighted by atomic mass is 10.1. The van der Waals surface area contributed by atoms with E-state index < -0.39 is 0 Å². The fraction of sp³-hybridized carbons (Fsp3) is 0.529. The minimum absolute atomic E-state index is 0.206. The molecule has 0 radical (unpaired) electrons. The van der Waals surface area contributed by atoms with Gasteiger partial charge in [-0.25, -0.2) is 0 Å². The molecule has 0 bridgehead atoms. The Balaban J connectivity index is 1.42. The van der Waals surface area contributed by atoms with Gasteiger partial charge in [0.1, 0.15) is 0 Å². The minimum atomic E-state index is 0.206. The molecule has 0 saturated carbocycles. The largest absolute Gasteiger partial charge is 0.334 e. The van der Waals surface area contributed by atoms with E-state index in [1.165, 1.54) is 10.4 Å². The molecule has 2 aromatic heterocycles. The van der Waals surface area contributed by atoms with Crippen molar-refractivity contribution < 1.29 is 4.79 Å². The molecule has 6 heteroatoms. The third kappa shape index (κ3) is 2.93. The second kappa shape index (κ2) is 6.09.